The molecule has 0 spiro atoms. The fraction of sp³-hybridized carbons (Fsp3) is 0.400. The van der Waals surface area contributed by atoms with Gasteiger partial charge in [0.2, 0.25) is 0 Å². The zero-order valence-corrected chi connectivity index (χ0v) is 15.8. The van der Waals surface area contributed by atoms with Gasteiger partial charge in [0, 0.05) is 60.8 Å². The van der Waals surface area contributed by atoms with Crippen molar-refractivity contribution in [2.75, 3.05) is 26.7 Å². The minimum atomic E-state index is 0. The average molecular weight is 406 g/mol. The van der Waals surface area contributed by atoms with Crippen LogP contribution >= 0.6 is 17.2 Å². The Morgan fingerprint density at radius 1 is 0.400 bits per heavy atom. The standard InChI is InChI=1S/2C2H7P.6CO.2Fe/c2*1-3-2;6*1-2;;/h2*3H,1-2H3;;;;;;;;/p+2. The van der Waals surface area contributed by atoms with E-state index in [1.165, 1.54) is 0 Å². The van der Waals surface area contributed by atoms with Gasteiger partial charge in [0.05, 0.1) is 0 Å². The number of rotatable bonds is 0. The van der Waals surface area contributed by atoms with Crippen LogP contribution < -0.4 is 0 Å². The molecular weight excluding hydrogens is 390 g/mol. The van der Waals surface area contributed by atoms with Gasteiger partial charge in [-0.1, -0.05) is 0 Å². The maximum Gasteiger partial charge on any atom is 0 e. The topological polar surface area (TPSA) is 119 Å². The fourth-order valence-corrected chi connectivity index (χ4v) is 0. The van der Waals surface area contributed by atoms with Crippen molar-refractivity contribution >= 4 is 17.2 Å². The molecule has 0 bridgehead atoms. The first-order valence-electron chi connectivity index (χ1n) is 3.53. The molecule has 0 rings (SSSR count). The van der Waals surface area contributed by atoms with Crippen molar-refractivity contribution in [3.63, 3.8) is 0 Å². The Labute approximate surface area is 145 Å². The van der Waals surface area contributed by atoms with E-state index in [4.69, 9.17) is 27.9 Å². The molecule has 0 radical (unpaired) electrons. The molecule has 0 unspecified atom stereocenters. The van der Waals surface area contributed by atoms with Crippen LogP contribution in [0.5, 0.6) is 0 Å². The molecule has 0 aromatic heterocycles. The van der Waals surface area contributed by atoms with Crippen LogP contribution in [0.2, 0.25) is 0 Å². The Bertz CT molecular complexity index is 130. The molecule has 6 nitrogen and oxygen atoms in total. The van der Waals surface area contributed by atoms with Crippen LogP contribution in [0.3, 0.4) is 0 Å². The molecule has 0 saturated carbocycles. The Hall–Kier alpha value is 0.339. The van der Waals surface area contributed by atoms with Crippen LogP contribution in [-0.2, 0) is 62.1 Å². The van der Waals surface area contributed by atoms with E-state index in [2.05, 4.69) is 66.6 Å². The van der Waals surface area contributed by atoms with E-state index < -0.39 is 0 Å². The van der Waals surface area contributed by atoms with Gasteiger partial charge in [-0.2, -0.15) is 0 Å². The summed E-state index contributed by atoms with van der Waals surface area (Å²) in [4.78, 5) is 0. The summed E-state index contributed by atoms with van der Waals surface area (Å²) in [5.41, 5.74) is 0. The van der Waals surface area contributed by atoms with Gasteiger partial charge < -0.3 is 0 Å². The number of hydrogen-bond donors (Lipinski definition) is 0. The summed E-state index contributed by atoms with van der Waals surface area (Å²) < 4.78 is 45.0. The molecule has 0 fully saturated rings. The first kappa shape index (κ1) is 71.2. The molecule has 0 aromatic carbocycles. The van der Waals surface area contributed by atoms with Gasteiger partial charge in [-0.05, 0) is 17.2 Å². The molecule has 0 amide bonds. The minimum absolute atomic E-state index is 0. The molecule has 0 aromatic rings. The third-order valence-electron chi connectivity index (χ3n) is 0. The Kier molecular flexibility index (Phi) is 4230. The van der Waals surface area contributed by atoms with Crippen LogP contribution in [-0.4, -0.2) is 26.7 Å². The van der Waals surface area contributed by atoms with E-state index in [0.29, 0.717) is 0 Å². The van der Waals surface area contributed by atoms with E-state index >= 15 is 0 Å². The summed E-state index contributed by atoms with van der Waals surface area (Å²) in [7, 11) is 1.50. The maximum atomic E-state index is 7.50. The second kappa shape index (κ2) is 1190. The van der Waals surface area contributed by atoms with Gasteiger partial charge >= 0.3 is 67.8 Å². The van der Waals surface area contributed by atoms with E-state index in [9.17, 15) is 0 Å². The van der Waals surface area contributed by atoms with E-state index in [0.717, 1.165) is 17.2 Å². The monoisotopic (exact) mass is 406 g/mol. The quantitative estimate of drug-likeness (QED) is 0.248. The number of hydrogen-bond acceptors (Lipinski definition) is 0. The molecule has 0 aliphatic carbocycles. The summed E-state index contributed by atoms with van der Waals surface area (Å²) in [6, 6.07) is 0. The molecular formula is C10H16Fe2O6P2+2. The normalized spacial score (nSPS) is 2.40. The zero-order chi connectivity index (χ0) is 17.4. The van der Waals surface area contributed by atoms with Crippen LogP contribution in [0, 0.1) is 39.9 Å². The largest absolute Gasteiger partial charge is 0 e. The van der Waals surface area contributed by atoms with E-state index in [1.54, 1.807) is 0 Å². The second-order valence-corrected chi connectivity index (χ2v) is 3.46. The van der Waals surface area contributed by atoms with Gasteiger partial charge in [0.1, 0.15) is 0 Å². The van der Waals surface area contributed by atoms with Crippen molar-refractivity contribution in [3.05, 3.63) is 39.9 Å². The van der Waals surface area contributed by atoms with Crippen molar-refractivity contribution in [2.45, 2.75) is 0 Å². The molecule has 0 saturated heterocycles. The smallest absolute Gasteiger partial charge is 0 e. The molecule has 0 heterocycles. The summed E-state index contributed by atoms with van der Waals surface area (Å²) in [5.74, 6) is 0. The summed E-state index contributed by atoms with van der Waals surface area (Å²) in [6.07, 6.45) is 0. The molecule has 0 aliphatic rings. The van der Waals surface area contributed by atoms with Gasteiger partial charge in [0.25, 0.3) is 0 Å². The second-order valence-electron chi connectivity index (χ2n) is 1.15. The first-order chi connectivity index (χ1) is 8.83. The van der Waals surface area contributed by atoms with Crippen LogP contribution in [0.4, 0.5) is 0 Å². The third kappa shape index (κ3) is 48000. The summed E-state index contributed by atoms with van der Waals surface area (Å²) in [6.45, 7) is 35.8. The predicted octanol–water partition coefficient (Wildman–Crippen LogP) is 1.08. The molecule has 10 heteroatoms. The van der Waals surface area contributed by atoms with Crippen molar-refractivity contribution in [1.29, 1.82) is 0 Å². The van der Waals surface area contributed by atoms with Crippen LogP contribution in [0.25, 0.3) is 0 Å². The van der Waals surface area contributed by atoms with Gasteiger partial charge in [-0.3, -0.25) is 0 Å². The van der Waals surface area contributed by atoms with Crippen LogP contribution in [0.15, 0.2) is 0 Å². The molecule has 116 valence electrons. The van der Waals surface area contributed by atoms with Crippen molar-refractivity contribution in [2.24, 2.45) is 0 Å². The van der Waals surface area contributed by atoms with E-state index in [1.807, 2.05) is 0 Å². The molecule has 0 aliphatic heterocycles. The van der Waals surface area contributed by atoms with Crippen molar-refractivity contribution in [1.82, 2.24) is 0 Å². The minimum Gasteiger partial charge on any atom is 0 e. The summed E-state index contributed by atoms with van der Waals surface area (Å²) >= 11 is 0. The molecule has 20 heavy (non-hydrogen) atoms. The van der Waals surface area contributed by atoms with Crippen molar-refractivity contribution in [3.8, 4) is 0 Å². The first-order valence-corrected chi connectivity index (χ1v) is 8.15. The van der Waals surface area contributed by atoms with Crippen molar-refractivity contribution < 1.29 is 62.1 Å². The zero-order valence-electron chi connectivity index (χ0n) is 11.3. The predicted molar refractivity (Wildman–Crippen MR) is 66.7 cm³/mol. The average Bonchev–Trinajstić information content (AvgIpc) is 2.52. The molecule has 0 N–H and O–H groups in total. The third-order valence-corrected chi connectivity index (χ3v) is 0. The Morgan fingerprint density at radius 2 is 0.400 bits per heavy atom. The molecule has 0 atom stereocenters. The van der Waals surface area contributed by atoms with Crippen LogP contribution in [0.1, 0.15) is 0 Å². The van der Waals surface area contributed by atoms with Gasteiger partial charge in [-0.25, -0.2) is 0 Å². The SMILES string of the molecule is C[PH2+]C.C[PH2+]C.[C-]#[O+].[C-]#[O+].[C-]#[O+].[C-]#[O+].[C-]#[O+].[C-]#[O+].[Fe].[Fe]. The Balaban J connectivity index is -0.00000000711. The maximum absolute atomic E-state index is 7.50. The van der Waals surface area contributed by atoms with Gasteiger partial charge in [0.15, 0.2) is 0 Å². The Morgan fingerprint density at radius 3 is 0.400 bits per heavy atom. The summed E-state index contributed by atoms with van der Waals surface area (Å²) in [5, 5.41) is 0. The van der Waals surface area contributed by atoms with Gasteiger partial charge in [-0.15, -0.1) is 0 Å². The van der Waals surface area contributed by atoms with E-state index in [-0.39, 0.29) is 34.1 Å². The fourth-order valence-electron chi connectivity index (χ4n) is 0.